The first-order valence-electron chi connectivity index (χ1n) is 9.12. The lowest BCUT2D eigenvalue weighted by Gasteiger charge is -2.07. The monoisotopic (exact) mass is 366 g/mol. The number of aryl methyl sites for hydroxylation is 1. The fourth-order valence-corrected chi connectivity index (χ4v) is 3.62. The molecule has 0 spiro atoms. The summed E-state index contributed by atoms with van der Waals surface area (Å²) in [7, 11) is 0. The topological polar surface area (TPSA) is 66.5 Å². The van der Waals surface area contributed by atoms with Crippen molar-refractivity contribution in [2.24, 2.45) is 0 Å². The highest BCUT2D eigenvalue weighted by Gasteiger charge is 2.14. The molecule has 0 amide bonds. The van der Waals surface area contributed by atoms with Gasteiger partial charge in [-0.05, 0) is 37.3 Å². The van der Waals surface area contributed by atoms with Gasteiger partial charge in [0.05, 0.1) is 34.4 Å². The van der Waals surface area contributed by atoms with E-state index in [2.05, 4.69) is 40.1 Å². The smallest absolute Gasteiger partial charge is 0.331 e. The number of hydrogen-bond donors (Lipinski definition) is 2. The van der Waals surface area contributed by atoms with E-state index in [-0.39, 0.29) is 5.69 Å². The lowest BCUT2D eigenvalue weighted by Crippen LogP contribution is -2.14. The normalized spacial score (nSPS) is 11.2. The summed E-state index contributed by atoms with van der Waals surface area (Å²) in [5.41, 5.74) is 7.36. The summed E-state index contributed by atoms with van der Waals surface area (Å²) in [4.78, 5) is 23.3. The molecule has 3 aromatic carbocycles. The summed E-state index contributed by atoms with van der Waals surface area (Å²) in [6, 6.07) is 23.9. The zero-order valence-corrected chi connectivity index (χ0v) is 15.3. The van der Waals surface area contributed by atoms with Crippen LogP contribution in [0, 0.1) is 6.92 Å². The number of benzene rings is 3. The van der Waals surface area contributed by atoms with Crippen LogP contribution >= 0.6 is 0 Å². The first kappa shape index (κ1) is 16.3. The van der Waals surface area contributed by atoms with E-state index in [1.807, 2.05) is 54.6 Å². The van der Waals surface area contributed by atoms with Crippen molar-refractivity contribution in [2.45, 2.75) is 6.92 Å². The van der Waals surface area contributed by atoms with Crippen LogP contribution < -0.4 is 5.69 Å². The van der Waals surface area contributed by atoms with Gasteiger partial charge in [0.1, 0.15) is 0 Å². The van der Waals surface area contributed by atoms with Gasteiger partial charge >= 0.3 is 5.69 Å². The van der Waals surface area contributed by atoms with Crippen molar-refractivity contribution in [1.29, 1.82) is 0 Å². The molecule has 0 saturated heterocycles. The Hall–Kier alpha value is -3.86. The zero-order valence-electron chi connectivity index (χ0n) is 15.3. The Balaban J connectivity index is 1.70. The third kappa shape index (κ3) is 2.65. The average molecular weight is 366 g/mol. The molecule has 0 aliphatic rings. The van der Waals surface area contributed by atoms with Gasteiger partial charge in [-0.3, -0.25) is 4.57 Å². The van der Waals surface area contributed by atoms with E-state index in [4.69, 9.17) is 0 Å². The van der Waals surface area contributed by atoms with Gasteiger partial charge in [0.25, 0.3) is 0 Å². The molecule has 5 heteroatoms. The first-order chi connectivity index (χ1) is 13.7. The van der Waals surface area contributed by atoms with Crippen molar-refractivity contribution < 1.29 is 0 Å². The quantitative estimate of drug-likeness (QED) is 0.487. The molecule has 0 atom stereocenters. The number of hydrogen-bond acceptors (Lipinski definition) is 2. The lowest BCUT2D eigenvalue weighted by molar-refractivity contribution is 1.02. The van der Waals surface area contributed by atoms with Crippen LogP contribution in [0.3, 0.4) is 0 Å². The van der Waals surface area contributed by atoms with Crippen molar-refractivity contribution in [3.8, 4) is 28.2 Å². The molecule has 2 N–H and O–H groups in total. The molecule has 0 unspecified atom stereocenters. The van der Waals surface area contributed by atoms with E-state index in [9.17, 15) is 4.79 Å². The second-order valence-corrected chi connectivity index (χ2v) is 6.83. The van der Waals surface area contributed by atoms with Crippen LogP contribution in [0.15, 0.2) is 83.9 Å². The van der Waals surface area contributed by atoms with Crippen LogP contribution in [0.4, 0.5) is 0 Å². The third-order valence-electron chi connectivity index (χ3n) is 4.92. The molecule has 0 fully saturated rings. The lowest BCUT2D eigenvalue weighted by atomic mass is 10.0. The highest BCUT2D eigenvalue weighted by Crippen LogP contribution is 2.31. The summed E-state index contributed by atoms with van der Waals surface area (Å²) < 4.78 is 1.70. The van der Waals surface area contributed by atoms with Crippen molar-refractivity contribution >= 4 is 11.0 Å². The summed E-state index contributed by atoms with van der Waals surface area (Å²) in [5.74, 6) is 0. The summed E-state index contributed by atoms with van der Waals surface area (Å²) in [6.45, 7) is 2.07. The summed E-state index contributed by atoms with van der Waals surface area (Å²) in [6.07, 6.45) is 1.71. The molecule has 0 saturated carbocycles. The minimum absolute atomic E-state index is 0.151. The Morgan fingerprint density at radius 2 is 1.75 bits per heavy atom. The highest BCUT2D eigenvalue weighted by atomic mass is 16.1. The molecule has 0 bridgehead atoms. The Labute approximate surface area is 161 Å². The maximum absolute atomic E-state index is 12.6. The molecule has 2 aromatic heterocycles. The second kappa shape index (κ2) is 6.39. The Bertz CT molecular complexity index is 1340. The van der Waals surface area contributed by atoms with Crippen LogP contribution in [0.2, 0.25) is 0 Å². The Morgan fingerprint density at radius 3 is 2.57 bits per heavy atom. The third-order valence-corrected chi connectivity index (χ3v) is 4.92. The van der Waals surface area contributed by atoms with Gasteiger partial charge in [-0.2, -0.15) is 0 Å². The van der Waals surface area contributed by atoms with Crippen LogP contribution in [0.25, 0.3) is 39.2 Å². The van der Waals surface area contributed by atoms with E-state index in [0.29, 0.717) is 0 Å². The van der Waals surface area contributed by atoms with Gasteiger partial charge in [-0.25, -0.2) is 9.78 Å². The van der Waals surface area contributed by atoms with E-state index in [0.717, 1.165) is 39.2 Å². The number of para-hydroxylation sites is 1. The van der Waals surface area contributed by atoms with Crippen LogP contribution in [-0.2, 0) is 0 Å². The minimum Gasteiger partial charge on any atom is -0.344 e. The molecule has 28 heavy (non-hydrogen) atoms. The molecule has 5 rings (SSSR count). The van der Waals surface area contributed by atoms with Gasteiger partial charge in [0.15, 0.2) is 0 Å². The molecular weight excluding hydrogens is 348 g/mol. The SMILES string of the molecule is Cc1cccc(-c2nc[nH]c2-c2ccc3[nH]c(=O)n(-c4ccccc4)c3c2)c1. The minimum atomic E-state index is -0.151. The number of nitrogens with one attached hydrogen (secondary N) is 2. The van der Waals surface area contributed by atoms with E-state index in [1.54, 1.807) is 10.9 Å². The molecule has 136 valence electrons. The van der Waals surface area contributed by atoms with E-state index in [1.165, 1.54) is 5.56 Å². The molecular formula is C23H18N4O. The summed E-state index contributed by atoms with van der Waals surface area (Å²) >= 11 is 0. The predicted octanol–water partition coefficient (Wildman–Crippen LogP) is 4.68. The van der Waals surface area contributed by atoms with Gasteiger partial charge < -0.3 is 9.97 Å². The number of aromatic nitrogens is 4. The molecule has 2 heterocycles. The van der Waals surface area contributed by atoms with Crippen molar-refractivity contribution in [2.75, 3.05) is 0 Å². The Morgan fingerprint density at radius 1 is 0.893 bits per heavy atom. The maximum atomic E-state index is 12.6. The predicted molar refractivity (Wildman–Crippen MR) is 112 cm³/mol. The van der Waals surface area contributed by atoms with Crippen LogP contribution in [0.1, 0.15) is 5.56 Å². The largest absolute Gasteiger partial charge is 0.344 e. The number of aromatic amines is 2. The van der Waals surface area contributed by atoms with Crippen molar-refractivity contribution in [3.63, 3.8) is 0 Å². The number of fused-ring (bicyclic) bond motifs is 1. The number of H-pyrrole nitrogens is 2. The fourth-order valence-electron chi connectivity index (χ4n) is 3.62. The molecule has 5 aromatic rings. The molecule has 5 nitrogen and oxygen atoms in total. The molecule has 0 radical (unpaired) electrons. The van der Waals surface area contributed by atoms with Gasteiger partial charge in [-0.15, -0.1) is 0 Å². The van der Waals surface area contributed by atoms with E-state index >= 15 is 0 Å². The van der Waals surface area contributed by atoms with Gasteiger partial charge in [0.2, 0.25) is 0 Å². The number of rotatable bonds is 3. The highest BCUT2D eigenvalue weighted by molar-refractivity contribution is 5.86. The molecule has 0 aliphatic heterocycles. The standard InChI is InChI=1S/C23H18N4O/c1-15-6-5-7-16(12-15)21-22(25-14-24-21)17-10-11-19-20(13-17)27(23(28)26-19)18-8-3-2-4-9-18/h2-14H,1H3,(H,24,25)(H,26,28). The van der Waals surface area contributed by atoms with Gasteiger partial charge in [-0.1, -0.05) is 48.0 Å². The second-order valence-electron chi connectivity index (χ2n) is 6.83. The average Bonchev–Trinajstić information content (AvgIpc) is 3.32. The van der Waals surface area contributed by atoms with Crippen LogP contribution in [-0.4, -0.2) is 19.5 Å². The summed E-state index contributed by atoms with van der Waals surface area (Å²) in [5, 5.41) is 0. The number of nitrogens with zero attached hydrogens (tertiary/aromatic N) is 2. The first-order valence-corrected chi connectivity index (χ1v) is 9.12. The Kier molecular flexibility index (Phi) is 3.72. The van der Waals surface area contributed by atoms with E-state index < -0.39 is 0 Å². The number of imidazole rings is 2. The van der Waals surface area contributed by atoms with Gasteiger partial charge in [0, 0.05) is 11.1 Å². The van der Waals surface area contributed by atoms with Crippen molar-refractivity contribution in [3.05, 3.63) is 95.2 Å². The van der Waals surface area contributed by atoms with Crippen LogP contribution in [0.5, 0.6) is 0 Å². The molecule has 0 aliphatic carbocycles. The fraction of sp³-hybridized carbons (Fsp3) is 0.0435. The zero-order chi connectivity index (χ0) is 19.1. The maximum Gasteiger partial charge on any atom is 0.331 e. The van der Waals surface area contributed by atoms with Crippen molar-refractivity contribution in [1.82, 2.24) is 19.5 Å².